The second-order valence-electron chi connectivity index (χ2n) is 7.57. The van der Waals surface area contributed by atoms with Gasteiger partial charge in [0.2, 0.25) is 0 Å². The van der Waals surface area contributed by atoms with Gasteiger partial charge in [-0.25, -0.2) is 17.6 Å². The highest BCUT2D eigenvalue weighted by Crippen LogP contribution is 2.39. The monoisotopic (exact) mass is 517 g/mol. The van der Waals surface area contributed by atoms with E-state index in [0.717, 1.165) is 54.7 Å². The fourth-order valence-corrected chi connectivity index (χ4v) is 6.06. The lowest BCUT2D eigenvalue weighted by atomic mass is 10.1. The summed E-state index contributed by atoms with van der Waals surface area (Å²) in [6.45, 7) is 0. The van der Waals surface area contributed by atoms with Crippen molar-refractivity contribution in [3.05, 3.63) is 75.9 Å². The number of benzene rings is 2. The first-order valence-corrected chi connectivity index (χ1v) is 12.7. The van der Waals surface area contributed by atoms with Crippen LogP contribution in [-0.2, 0) is 27.6 Å². The summed E-state index contributed by atoms with van der Waals surface area (Å²) in [6, 6.07) is 10.2. The Kier molecular flexibility index (Phi) is 6.85. The van der Waals surface area contributed by atoms with Crippen molar-refractivity contribution in [2.45, 2.75) is 24.2 Å². The van der Waals surface area contributed by atoms with E-state index in [-0.39, 0.29) is 26.7 Å². The molecule has 0 atom stereocenters. The van der Waals surface area contributed by atoms with Crippen LogP contribution in [0.1, 0.15) is 37.6 Å². The number of methoxy groups -OCH3 is 1. The van der Waals surface area contributed by atoms with E-state index in [1.165, 1.54) is 23.5 Å². The number of alkyl carbamates (subject to hydrolysis) is 1. The molecule has 1 heterocycles. The molecular weight excluding hydrogens is 497 g/mol. The first kappa shape index (κ1) is 24.4. The third-order valence-electron chi connectivity index (χ3n) is 5.32. The lowest BCUT2D eigenvalue weighted by Gasteiger charge is -2.13. The maximum absolute atomic E-state index is 13.2. The Balaban J connectivity index is 1.62. The number of ether oxygens (including phenoxy) is 1. The number of hydrogen-bond acceptors (Lipinski definition) is 7. The van der Waals surface area contributed by atoms with Gasteiger partial charge in [0, 0.05) is 4.88 Å². The molecule has 2 aromatic carbocycles. The molecule has 0 bridgehead atoms. The third-order valence-corrected chi connectivity index (χ3v) is 7.91. The minimum atomic E-state index is -4.10. The molecule has 0 fully saturated rings. The van der Waals surface area contributed by atoms with Crippen LogP contribution in [0, 0.1) is 5.82 Å². The van der Waals surface area contributed by atoms with Gasteiger partial charge in [0.05, 0.1) is 28.8 Å². The van der Waals surface area contributed by atoms with Crippen molar-refractivity contribution in [1.82, 2.24) is 5.32 Å². The van der Waals surface area contributed by atoms with Crippen molar-refractivity contribution in [2.75, 3.05) is 17.1 Å². The molecule has 0 aliphatic heterocycles. The maximum Gasteiger partial charge on any atom is 0.413 e. The van der Waals surface area contributed by atoms with Crippen LogP contribution >= 0.6 is 11.3 Å². The van der Waals surface area contributed by atoms with Gasteiger partial charge < -0.3 is 10.1 Å². The zero-order chi connectivity index (χ0) is 25.2. The summed E-state index contributed by atoms with van der Waals surface area (Å²) in [4.78, 5) is 38.2. The van der Waals surface area contributed by atoms with Gasteiger partial charge in [-0.2, -0.15) is 0 Å². The number of carbonyl (C=O) groups excluding carboxylic acids is 3. The summed E-state index contributed by atoms with van der Waals surface area (Å²) in [5.41, 5.74) is 0.952. The highest BCUT2D eigenvalue weighted by Gasteiger charge is 2.29. The average Bonchev–Trinajstić information content (AvgIpc) is 3.40. The van der Waals surface area contributed by atoms with Gasteiger partial charge >= 0.3 is 6.09 Å². The Morgan fingerprint density at radius 1 is 1.00 bits per heavy atom. The van der Waals surface area contributed by atoms with Gasteiger partial charge in [-0.3, -0.25) is 19.6 Å². The SMILES string of the molecule is COC(=O)NC(=O)c1c(NC(=O)c2ccccc2NS(=O)(=O)c2ccc(F)cc2)sc2c1CCC2. The number of fused-ring (bicyclic) bond motifs is 1. The third kappa shape index (κ3) is 5.17. The number of halogens is 1. The van der Waals surface area contributed by atoms with Crippen molar-refractivity contribution < 1.29 is 31.9 Å². The smallest absolute Gasteiger partial charge is 0.413 e. The molecule has 4 rings (SSSR count). The number of amides is 3. The van der Waals surface area contributed by atoms with E-state index >= 15 is 0 Å². The van der Waals surface area contributed by atoms with E-state index in [9.17, 15) is 27.2 Å². The largest absolute Gasteiger partial charge is 0.453 e. The summed E-state index contributed by atoms with van der Waals surface area (Å²) in [5, 5.41) is 5.05. The van der Waals surface area contributed by atoms with Crippen LogP contribution in [0.4, 0.5) is 19.9 Å². The van der Waals surface area contributed by atoms with Gasteiger partial charge in [0.15, 0.2) is 0 Å². The van der Waals surface area contributed by atoms with Crippen molar-refractivity contribution in [1.29, 1.82) is 0 Å². The zero-order valence-electron chi connectivity index (χ0n) is 18.4. The summed E-state index contributed by atoms with van der Waals surface area (Å²) in [5.74, 6) is -1.94. The van der Waals surface area contributed by atoms with E-state index in [4.69, 9.17) is 0 Å². The lowest BCUT2D eigenvalue weighted by Crippen LogP contribution is -2.31. The normalized spacial score (nSPS) is 12.5. The molecule has 9 nitrogen and oxygen atoms in total. The molecule has 0 saturated carbocycles. The molecule has 0 spiro atoms. The summed E-state index contributed by atoms with van der Waals surface area (Å²) < 4.78 is 45.6. The quantitative estimate of drug-likeness (QED) is 0.454. The molecule has 1 aromatic heterocycles. The van der Waals surface area contributed by atoms with Gasteiger partial charge in [0.1, 0.15) is 10.8 Å². The Labute approximate surface area is 204 Å². The first-order valence-electron chi connectivity index (χ1n) is 10.4. The molecular formula is C23H20FN3O6S2. The summed E-state index contributed by atoms with van der Waals surface area (Å²) >= 11 is 1.23. The second-order valence-corrected chi connectivity index (χ2v) is 10.4. The number of carbonyl (C=O) groups is 3. The minimum absolute atomic E-state index is 0.000940. The number of rotatable bonds is 6. The second kappa shape index (κ2) is 9.84. The van der Waals surface area contributed by atoms with E-state index in [2.05, 4.69) is 20.1 Å². The Morgan fingerprint density at radius 2 is 1.71 bits per heavy atom. The predicted octanol–water partition coefficient (Wildman–Crippen LogP) is 3.93. The number of thiophene rings is 1. The van der Waals surface area contributed by atoms with Crippen LogP contribution in [0.25, 0.3) is 0 Å². The summed E-state index contributed by atoms with van der Waals surface area (Å²) in [6.07, 6.45) is 1.29. The fourth-order valence-electron chi connectivity index (χ4n) is 3.70. The van der Waals surface area contributed by atoms with Crippen molar-refractivity contribution in [3.8, 4) is 0 Å². The Bertz CT molecular complexity index is 1420. The zero-order valence-corrected chi connectivity index (χ0v) is 20.0. The molecule has 182 valence electrons. The number of sulfonamides is 1. The number of hydrogen-bond donors (Lipinski definition) is 3. The molecule has 1 aliphatic carbocycles. The van der Waals surface area contributed by atoms with E-state index in [1.807, 2.05) is 0 Å². The van der Waals surface area contributed by atoms with Crippen LogP contribution in [0.15, 0.2) is 53.4 Å². The molecule has 35 heavy (non-hydrogen) atoms. The van der Waals surface area contributed by atoms with Crippen molar-refractivity contribution in [2.24, 2.45) is 0 Å². The van der Waals surface area contributed by atoms with Gasteiger partial charge in [0.25, 0.3) is 21.8 Å². The van der Waals surface area contributed by atoms with E-state index in [1.54, 1.807) is 12.1 Å². The number of para-hydroxylation sites is 1. The van der Waals surface area contributed by atoms with Crippen molar-refractivity contribution in [3.63, 3.8) is 0 Å². The van der Waals surface area contributed by atoms with E-state index in [0.29, 0.717) is 6.42 Å². The van der Waals surface area contributed by atoms with Crippen LogP contribution in [0.2, 0.25) is 0 Å². The highest BCUT2D eigenvalue weighted by atomic mass is 32.2. The number of anilines is 2. The fraction of sp³-hybridized carbons (Fsp3) is 0.174. The number of imide groups is 1. The molecule has 12 heteroatoms. The minimum Gasteiger partial charge on any atom is -0.453 e. The van der Waals surface area contributed by atoms with Gasteiger partial charge in [-0.05, 0) is 61.2 Å². The molecule has 3 amide bonds. The molecule has 1 aliphatic rings. The molecule has 0 saturated heterocycles. The number of aryl methyl sites for hydroxylation is 1. The molecule has 0 radical (unpaired) electrons. The Hall–Kier alpha value is -3.77. The average molecular weight is 518 g/mol. The summed E-state index contributed by atoms with van der Waals surface area (Å²) in [7, 11) is -2.97. The molecule has 3 aromatic rings. The lowest BCUT2D eigenvalue weighted by molar-refractivity contribution is 0.0937. The van der Waals surface area contributed by atoms with Crippen LogP contribution in [-0.4, -0.2) is 33.4 Å². The van der Waals surface area contributed by atoms with Crippen LogP contribution in [0.5, 0.6) is 0 Å². The predicted molar refractivity (Wildman–Crippen MR) is 128 cm³/mol. The molecule has 3 N–H and O–H groups in total. The standard InChI is InChI=1S/C23H20FN3O6S2/c1-33-23(30)26-21(29)19-16-6-4-8-18(16)34-22(19)25-20(28)15-5-2-3-7-17(15)27-35(31,32)14-11-9-13(24)10-12-14/h2-3,5,7,9-12,27H,4,6,8H2,1H3,(H,25,28)(H,26,29,30). The van der Waals surface area contributed by atoms with Gasteiger partial charge in [-0.1, -0.05) is 12.1 Å². The van der Waals surface area contributed by atoms with Crippen LogP contribution in [0.3, 0.4) is 0 Å². The highest BCUT2D eigenvalue weighted by molar-refractivity contribution is 7.92. The van der Waals surface area contributed by atoms with E-state index < -0.39 is 33.7 Å². The first-order chi connectivity index (χ1) is 16.7. The Morgan fingerprint density at radius 3 is 2.43 bits per heavy atom. The number of nitrogens with one attached hydrogen (secondary N) is 3. The van der Waals surface area contributed by atoms with Crippen molar-refractivity contribution >= 4 is 50.0 Å². The topological polar surface area (TPSA) is 131 Å². The van der Waals surface area contributed by atoms with Gasteiger partial charge in [-0.15, -0.1) is 11.3 Å². The molecule has 0 unspecified atom stereocenters. The maximum atomic E-state index is 13.2. The van der Waals surface area contributed by atoms with Crippen LogP contribution < -0.4 is 15.4 Å².